The first-order chi connectivity index (χ1) is 10.7. The lowest BCUT2D eigenvalue weighted by atomic mass is 9.90. The van der Waals surface area contributed by atoms with Crippen molar-refractivity contribution in [3.05, 3.63) is 17.0 Å². The van der Waals surface area contributed by atoms with Gasteiger partial charge >= 0.3 is 5.97 Å². The van der Waals surface area contributed by atoms with Crippen LogP contribution in [0.4, 0.5) is 0 Å². The molecule has 0 saturated carbocycles. The molecule has 1 atom stereocenters. The summed E-state index contributed by atoms with van der Waals surface area (Å²) in [5.74, 6) is -0.539. The molecule has 1 aliphatic heterocycles. The van der Waals surface area contributed by atoms with Gasteiger partial charge in [0.15, 0.2) is 0 Å². The minimum atomic E-state index is -3.67. The van der Waals surface area contributed by atoms with Crippen LogP contribution in [0.25, 0.3) is 0 Å². The Labute approximate surface area is 137 Å². The predicted molar refractivity (Wildman–Crippen MR) is 86.8 cm³/mol. The van der Waals surface area contributed by atoms with Crippen LogP contribution in [-0.4, -0.2) is 49.9 Å². The molecular weight excluding hydrogens is 318 g/mol. The highest BCUT2D eigenvalue weighted by Crippen LogP contribution is 2.35. The number of nitrogens with zero attached hydrogens (tertiary/aromatic N) is 1. The second kappa shape index (κ2) is 6.26. The number of aromatic nitrogens is 1. The van der Waals surface area contributed by atoms with Gasteiger partial charge in [-0.1, -0.05) is 6.92 Å². The molecule has 1 aliphatic rings. The highest BCUT2D eigenvalue weighted by Gasteiger charge is 2.41. The number of rotatable bonds is 5. The molecule has 3 N–H and O–H groups in total. The second-order valence-electron chi connectivity index (χ2n) is 6.40. The number of hydrogen-bond donors (Lipinski definition) is 2. The zero-order valence-electron chi connectivity index (χ0n) is 14.1. The van der Waals surface area contributed by atoms with Gasteiger partial charge in [0.1, 0.15) is 10.6 Å². The van der Waals surface area contributed by atoms with Crippen molar-refractivity contribution >= 4 is 16.0 Å². The number of hydrogen-bond acceptors (Lipinski definition) is 5. The number of esters is 1. The third-order valence-electron chi connectivity index (χ3n) is 4.46. The molecule has 8 heteroatoms. The first-order valence-electron chi connectivity index (χ1n) is 7.73. The molecule has 0 aromatic carbocycles. The summed E-state index contributed by atoms with van der Waals surface area (Å²) in [6.45, 7) is 8.49. The molecule has 1 aromatic heterocycles. The fourth-order valence-corrected chi connectivity index (χ4v) is 5.00. The Morgan fingerprint density at radius 2 is 2.09 bits per heavy atom. The van der Waals surface area contributed by atoms with E-state index in [0.717, 1.165) is 6.42 Å². The van der Waals surface area contributed by atoms with Gasteiger partial charge in [0.2, 0.25) is 10.0 Å². The van der Waals surface area contributed by atoms with E-state index in [9.17, 15) is 13.2 Å². The van der Waals surface area contributed by atoms with Crippen molar-refractivity contribution in [2.24, 2.45) is 11.1 Å². The zero-order chi connectivity index (χ0) is 17.4. The number of aryl methyl sites for hydroxylation is 1. The third-order valence-corrected chi connectivity index (χ3v) is 6.58. The van der Waals surface area contributed by atoms with Gasteiger partial charge in [-0.2, -0.15) is 4.31 Å². The average molecular weight is 343 g/mol. The zero-order valence-corrected chi connectivity index (χ0v) is 14.9. The van der Waals surface area contributed by atoms with Crippen molar-refractivity contribution in [1.82, 2.24) is 9.29 Å². The lowest BCUT2D eigenvalue weighted by Crippen LogP contribution is -2.34. The predicted octanol–water partition coefficient (Wildman–Crippen LogP) is 1.17. The van der Waals surface area contributed by atoms with Gasteiger partial charge in [-0.25, -0.2) is 13.2 Å². The lowest BCUT2D eigenvalue weighted by Gasteiger charge is -2.22. The van der Waals surface area contributed by atoms with Crippen LogP contribution in [0.15, 0.2) is 4.90 Å². The van der Waals surface area contributed by atoms with Crippen molar-refractivity contribution in [2.75, 3.05) is 26.2 Å². The molecule has 2 heterocycles. The van der Waals surface area contributed by atoms with Crippen LogP contribution in [0.2, 0.25) is 0 Å². The van der Waals surface area contributed by atoms with E-state index in [4.69, 9.17) is 10.5 Å². The van der Waals surface area contributed by atoms with Crippen molar-refractivity contribution < 1.29 is 17.9 Å². The SMILES string of the molecule is CCOC(=O)c1[nH]c(C)c(S(=O)(=O)N2CCC(C)(CN)C2)c1C. The van der Waals surface area contributed by atoms with Crippen LogP contribution in [0.5, 0.6) is 0 Å². The fraction of sp³-hybridized carbons (Fsp3) is 0.667. The number of carbonyl (C=O) groups excluding carboxylic acids is 1. The maximum Gasteiger partial charge on any atom is 0.355 e. The molecule has 0 bridgehead atoms. The Morgan fingerprint density at radius 1 is 1.43 bits per heavy atom. The Bertz CT molecular complexity index is 711. The van der Waals surface area contributed by atoms with E-state index in [1.165, 1.54) is 4.31 Å². The Kier molecular flexibility index (Phi) is 4.89. The minimum Gasteiger partial charge on any atom is -0.461 e. The maximum atomic E-state index is 13.0. The molecule has 1 unspecified atom stereocenters. The van der Waals surface area contributed by atoms with Crippen LogP contribution in [-0.2, 0) is 14.8 Å². The molecule has 0 amide bonds. The van der Waals surface area contributed by atoms with Crippen molar-refractivity contribution in [1.29, 1.82) is 0 Å². The van der Waals surface area contributed by atoms with E-state index >= 15 is 0 Å². The van der Waals surface area contributed by atoms with Crippen LogP contribution in [0.3, 0.4) is 0 Å². The number of carbonyl (C=O) groups is 1. The standard InChI is InChI=1S/C15H25N3O4S/c1-5-22-14(19)12-10(2)13(11(3)17-12)23(20,21)18-7-6-15(4,8-16)9-18/h17H,5-9,16H2,1-4H3. The summed E-state index contributed by atoms with van der Waals surface area (Å²) in [7, 11) is -3.67. The molecule has 1 saturated heterocycles. The van der Waals surface area contributed by atoms with Gasteiger partial charge in [0.25, 0.3) is 0 Å². The van der Waals surface area contributed by atoms with Crippen molar-refractivity contribution in [3.63, 3.8) is 0 Å². The summed E-state index contributed by atoms with van der Waals surface area (Å²) in [5, 5.41) is 0. The number of H-pyrrole nitrogens is 1. The molecular formula is C15H25N3O4S. The Balaban J connectivity index is 2.40. The first-order valence-corrected chi connectivity index (χ1v) is 9.17. The smallest absolute Gasteiger partial charge is 0.355 e. The molecule has 7 nitrogen and oxygen atoms in total. The van der Waals surface area contributed by atoms with Gasteiger partial charge in [-0.3, -0.25) is 0 Å². The molecule has 2 rings (SSSR count). The fourth-order valence-electron chi connectivity index (χ4n) is 3.01. The molecule has 0 spiro atoms. The van der Waals surface area contributed by atoms with Crippen LogP contribution >= 0.6 is 0 Å². The van der Waals surface area contributed by atoms with E-state index in [1.807, 2.05) is 6.92 Å². The topological polar surface area (TPSA) is 105 Å². The minimum absolute atomic E-state index is 0.168. The quantitative estimate of drug-likeness (QED) is 0.781. The van der Waals surface area contributed by atoms with Gasteiger partial charge < -0.3 is 15.5 Å². The van der Waals surface area contributed by atoms with E-state index in [-0.39, 0.29) is 22.6 Å². The molecule has 0 radical (unpaired) electrons. The Morgan fingerprint density at radius 3 is 2.61 bits per heavy atom. The summed E-state index contributed by atoms with van der Waals surface area (Å²) in [5.41, 5.74) is 6.61. The number of aromatic amines is 1. The summed E-state index contributed by atoms with van der Waals surface area (Å²) in [4.78, 5) is 15.0. The monoisotopic (exact) mass is 343 g/mol. The summed E-state index contributed by atoms with van der Waals surface area (Å²) in [6.07, 6.45) is 0.732. The van der Waals surface area contributed by atoms with Crippen LogP contribution < -0.4 is 5.73 Å². The maximum absolute atomic E-state index is 13.0. The van der Waals surface area contributed by atoms with Gasteiger partial charge in [0.05, 0.1) is 6.61 Å². The van der Waals surface area contributed by atoms with Gasteiger partial charge in [-0.05, 0) is 39.2 Å². The number of sulfonamides is 1. The van der Waals surface area contributed by atoms with E-state index in [0.29, 0.717) is 30.9 Å². The molecule has 130 valence electrons. The van der Waals surface area contributed by atoms with E-state index in [1.54, 1.807) is 20.8 Å². The van der Waals surface area contributed by atoms with Gasteiger partial charge in [0, 0.05) is 24.3 Å². The van der Waals surface area contributed by atoms with Crippen LogP contribution in [0, 0.1) is 19.3 Å². The van der Waals surface area contributed by atoms with Crippen molar-refractivity contribution in [2.45, 2.75) is 39.0 Å². The largest absolute Gasteiger partial charge is 0.461 e. The number of nitrogens with two attached hydrogens (primary N) is 1. The number of nitrogens with one attached hydrogen (secondary N) is 1. The highest BCUT2D eigenvalue weighted by molar-refractivity contribution is 7.89. The molecule has 0 aliphatic carbocycles. The van der Waals surface area contributed by atoms with E-state index < -0.39 is 16.0 Å². The summed E-state index contributed by atoms with van der Waals surface area (Å²) in [6, 6.07) is 0. The normalized spacial score (nSPS) is 22.5. The molecule has 23 heavy (non-hydrogen) atoms. The number of ether oxygens (including phenoxy) is 1. The molecule has 1 fully saturated rings. The lowest BCUT2D eigenvalue weighted by molar-refractivity contribution is 0.0519. The summed E-state index contributed by atoms with van der Waals surface area (Å²) < 4.78 is 32.4. The second-order valence-corrected chi connectivity index (χ2v) is 8.28. The summed E-state index contributed by atoms with van der Waals surface area (Å²) >= 11 is 0. The highest BCUT2D eigenvalue weighted by atomic mass is 32.2. The Hall–Kier alpha value is -1.38. The van der Waals surface area contributed by atoms with Gasteiger partial charge in [-0.15, -0.1) is 0 Å². The van der Waals surface area contributed by atoms with Crippen molar-refractivity contribution in [3.8, 4) is 0 Å². The van der Waals surface area contributed by atoms with E-state index in [2.05, 4.69) is 4.98 Å². The molecule has 1 aromatic rings. The third kappa shape index (κ3) is 3.15. The first kappa shape index (κ1) is 18.0. The average Bonchev–Trinajstić information content (AvgIpc) is 3.01. The van der Waals surface area contributed by atoms with Crippen LogP contribution in [0.1, 0.15) is 42.0 Å².